The number of hydrogen-bond acceptors (Lipinski definition) is 11. The van der Waals surface area contributed by atoms with E-state index in [0.29, 0.717) is 73.8 Å². The van der Waals surface area contributed by atoms with Gasteiger partial charge in [0, 0.05) is 33.3 Å². The Morgan fingerprint density at radius 3 is 2.02 bits per heavy atom. The predicted molar refractivity (Wildman–Crippen MR) is 198 cm³/mol. The lowest BCUT2D eigenvalue weighted by Gasteiger charge is -2.11. The van der Waals surface area contributed by atoms with E-state index in [1.807, 2.05) is 67.6 Å². The third kappa shape index (κ3) is 5.67. The minimum Gasteiger partial charge on any atom is -0.507 e. The van der Waals surface area contributed by atoms with Crippen molar-refractivity contribution in [3.05, 3.63) is 124 Å². The summed E-state index contributed by atoms with van der Waals surface area (Å²) in [7, 11) is 0. The van der Waals surface area contributed by atoms with Gasteiger partial charge in [0.2, 0.25) is 0 Å². The van der Waals surface area contributed by atoms with Crippen LogP contribution >= 0.6 is 11.6 Å². The molecule has 250 valence electrons. The zero-order chi connectivity index (χ0) is 36.1. The first-order valence-electron chi connectivity index (χ1n) is 15.9. The van der Waals surface area contributed by atoms with Crippen molar-refractivity contribution in [1.82, 2.24) is 19.9 Å². The van der Waals surface area contributed by atoms with Gasteiger partial charge in [-0.25, -0.2) is 19.9 Å². The Morgan fingerprint density at radius 2 is 1.33 bits per heavy atom. The number of furan rings is 2. The topological polar surface area (TPSA) is 198 Å². The Labute approximate surface area is 301 Å². The number of nitrogens with two attached hydrogens (primary N) is 2. The zero-order valence-corrected chi connectivity index (χ0v) is 28.1. The summed E-state index contributed by atoms with van der Waals surface area (Å²) in [6.07, 6.45) is 0.429. The Kier molecular flexibility index (Phi) is 7.76. The smallest absolute Gasteiger partial charge is 0.183 e. The fraction of sp³-hybridized carbons (Fsp3) is 0.0500. The van der Waals surface area contributed by atoms with E-state index in [-0.39, 0.29) is 28.8 Å². The van der Waals surface area contributed by atoms with Gasteiger partial charge in [-0.15, -0.1) is 0 Å². The van der Waals surface area contributed by atoms with Crippen molar-refractivity contribution in [2.45, 2.75) is 13.3 Å². The molecule has 0 atom stereocenters. The Morgan fingerprint density at radius 1 is 0.673 bits per heavy atom. The molecule has 4 aromatic heterocycles. The lowest BCUT2D eigenvalue weighted by molar-refractivity contribution is 0.481. The highest BCUT2D eigenvalue weighted by atomic mass is 35.5. The molecule has 0 bridgehead atoms. The molecule has 4 aromatic carbocycles. The highest BCUT2D eigenvalue weighted by Gasteiger charge is 2.21. The minimum absolute atomic E-state index is 0.00152. The molecule has 12 heteroatoms. The standard InChI is InChI=1S/C40H25ClN8O3/c1-20-5-11-33(51-20)37-36(47-31(19-43)40(45)48-37)25-16-24-13-21(6-9-27(24)29(41)17-25)14-26-8-12-34(52-26)38-35(46-30(18-42)39(44)49-38)23-7-10-28-22(15-23)3-2-4-32(28)50/h2-13,15-17,50H,14H2,1H3,(H2,44,49)(H2,45,48). The maximum atomic E-state index is 10.3. The van der Waals surface area contributed by atoms with Crippen molar-refractivity contribution in [2.24, 2.45) is 0 Å². The second kappa shape index (κ2) is 12.6. The summed E-state index contributed by atoms with van der Waals surface area (Å²) in [4.78, 5) is 18.1. The van der Waals surface area contributed by atoms with Gasteiger partial charge in [-0.1, -0.05) is 48.0 Å². The summed E-state index contributed by atoms with van der Waals surface area (Å²) >= 11 is 6.81. The highest BCUT2D eigenvalue weighted by Crippen LogP contribution is 2.38. The van der Waals surface area contributed by atoms with Crippen LogP contribution < -0.4 is 11.5 Å². The molecule has 0 unspecified atom stereocenters. The number of rotatable bonds is 6. The second-order valence-electron chi connectivity index (χ2n) is 12.1. The number of nitriles is 2. The molecule has 0 saturated heterocycles. The van der Waals surface area contributed by atoms with Crippen LogP contribution in [0.25, 0.3) is 67.0 Å². The Hall–Kier alpha value is -7.21. The number of nitrogens with zero attached hydrogens (tertiary/aromatic N) is 6. The largest absolute Gasteiger partial charge is 0.507 e. The van der Waals surface area contributed by atoms with Crippen LogP contribution in [0.1, 0.15) is 28.5 Å². The van der Waals surface area contributed by atoms with E-state index in [1.54, 1.807) is 42.5 Å². The molecule has 0 radical (unpaired) electrons. The normalized spacial score (nSPS) is 11.2. The quantitative estimate of drug-likeness (QED) is 0.150. The van der Waals surface area contributed by atoms with Crippen LogP contribution in [0.4, 0.5) is 11.6 Å². The lowest BCUT2D eigenvalue weighted by atomic mass is 9.99. The Bertz CT molecular complexity index is 2830. The average Bonchev–Trinajstić information content (AvgIpc) is 3.80. The summed E-state index contributed by atoms with van der Waals surface area (Å²) in [5, 5.41) is 33.3. The van der Waals surface area contributed by atoms with Crippen molar-refractivity contribution in [1.29, 1.82) is 10.5 Å². The molecule has 5 N–H and O–H groups in total. The fourth-order valence-corrected chi connectivity index (χ4v) is 6.49. The number of hydrogen-bond donors (Lipinski definition) is 3. The number of benzene rings is 4. The van der Waals surface area contributed by atoms with E-state index in [2.05, 4.69) is 19.9 Å². The van der Waals surface area contributed by atoms with Crippen molar-refractivity contribution >= 4 is 44.8 Å². The molecule has 11 nitrogen and oxygen atoms in total. The van der Waals surface area contributed by atoms with Crippen LogP contribution in [-0.2, 0) is 6.42 Å². The van der Waals surface area contributed by atoms with Crippen molar-refractivity contribution in [3.8, 4) is 63.3 Å². The SMILES string of the molecule is Cc1ccc(-c2nc(N)c(C#N)nc2-c2cc(Cl)c3ccc(Cc4ccc(-c5nc(N)c(C#N)nc5-c5ccc6c(O)cccc6c5)o4)cc3c2)o1. The summed E-state index contributed by atoms with van der Waals surface area (Å²) in [5.41, 5.74) is 16.0. The molecular weight excluding hydrogens is 676 g/mol. The van der Waals surface area contributed by atoms with Gasteiger partial charge in [0.05, 0.1) is 0 Å². The number of nitrogen functional groups attached to an aromatic ring is 2. The lowest BCUT2D eigenvalue weighted by Crippen LogP contribution is -2.03. The first-order valence-corrected chi connectivity index (χ1v) is 16.3. The monoisotopic (exact) mass is 700 g/mol. The fourth-order valence-electron chi connectivity index (χ4n) is 6.20. The number of fused-ring (bicyclic) bond motifs is 2. The van der Waals surface area contributed by atoms with Crippen LogP contribution in [0, 0.1) is 29.6 Å². The summed E-state index contributed by atoms with van der Waals surface area (Å²) in [5.74, 6) is 2.37. The minimum atomic E-state index is -0.0159. The molecule has 8 aromatic rings. The number of phenolic OH excluding ortho intramolecular Hbond substituents is 1. The van der Waals surface area contributed by atoms with Crippen LogP contribution in [0.2, 0.25) is 5.02 Å². The van der Waals surface area contributed by atoms with Crippen LogP contribution in [0.15, 0.2) is 99.8 Å². The van der Waals surface area contributed by atoms with Gasteiger partial charge >= 0.3 is 0 Å². The summed E-state index contributed by atoms with van der Waals surface area (Å²) < 4.78 is 12.2. The number of anilines is 2. The third-order valence-electron chi connectivity index (χ3n) is 8.68. The molecule has 0 aliphatic rings. The first-order chi connectivity index (χ1) is 25.2. The number of aromatic nitrogens is 4. The van der Waals surface area contributed by atoms with E-state index >= 15 is 0 Å². The number of aromatic hydroxyl groups is 1. The highest BCUT2D eigenvalue weighted by molar-refractivity contribution is 6.36. The Balaban J connectivity index is 1.16. The predicted octanol–water partition coefficient (Wildman–Crippen LogP) is 8.59. The van der Waals surface area contributed by atoms with Gasteiger partial charge in [-0.05, 0) is 77.9 Å². The summed E-state index contributed by atoms with van der Waals surface area (Å²) in [6.45, 7) is 1.82. The summed E-state index contributed by atoms with van der Waals surface area (Å²) in [6, 6.07) is 31.6. The maximum absolute atomic E-state index is 10.3. The van der Waals surface area contributed by atoms with Gasteiger partial charge in [0.1, 0.15) is 52.2 Å². The molecule has 8 rings (SSSR count). The molecule has 0 amide bonds. The number of aryl methyl sites for hydroxylation is 1. The van der Waals surface area contributed by atoms with Gasteiger partial charge in [-0.3, -0.25) is 0 Å². The second-order valence-corrected chi connectivity index (χ2v) is 12.5. The molecule has 0 saturated carbocycles. The van der Waals surface area contributed by atoms with Gasteiger partial charge in [0.15, 0.2) is 34.5 Å². The molecular formula is C40H25ClN8O3. The molecule has 52 heavy (non-hydrogen) atoms. The van der Waals surface area contributed by atoms with Crippen LogP contribution in [0.5, 0.6) is 5.75 Å². The third-order valence-corrected chi connectivity index (χ3v) is 8.99. The molecule has 0 spiro atoms. The van der Waals surface area contributed by atoms with Gasteiger partial charge in [-0.2, -0.15) is 10.5 Å². The molecule has 0 fully saturated rings. The zero-order valence-electron chi connectivity index (χ0n) is 27.3. The first kappa shape index (κ1) is 32.0. The van der Waals surface area contributed by atoms with E-state index < -0.39 is 0 Å². The maximum Gasteiger partial charge on any atom is 0.183 e. The number of halogens is 1. The van der Waals surface area contributed by atoms with Crippen LogP contribution in [-0.4, -0.2) is 25.0 Å². The van der Waals surface area contributed by atoms with Crippen molar-refractivity contribution in [2.75, 3.05) is 11.5 Å². The average molecular weight is 701 g/mol. The van der Waals surface area contributed by atoms with E-state index in [0.717, 1.165) is 21.7 Å². The molecule has 0 aliphatic carbocycles. The van der Waals surface area contributed by atoms with E-state index in [1.165, 1.54) is 0 Å². The van der Waals surface area contributed by atoms with Gasteiger partial charge < -0.3 is 25.4 Å². The van der Waals surface area contributed by atoms with E-state index in [9.17, 15) is 15.6 Å². The van der Waals surface area contributed by atoms with Crippen molar-refractivity contribution < 1.29 is 13.9 Å². The van der Waals surface area contributed by atoms with Crippen molar-refractivity contribution in [3.63, 3.8) is 0 Å². The number of phenols is 1. The molecule has 0 aliphatic heterocycles. The van der Waals surface area contributed by atoms with Gasteiger partial charge in [0.25, 0.3) is 0 Å². The van der Waals surface area contributed by atoms with Crippen LogP contribution in [0.3, 0.4) is 0 Å². The van der Waals surface area contributed by atoms with E-state index in [4.69, 9.17) is 31.9 Å². The molecule has 4 heterocycles.